The van der Waals surface area contributed by atoms with Gasteiger partial charge in [0, 0.05) is 49.8 Å². The number of benzene rings is 6. The predicted octanol–water partition coefficient (Wildman–Crippen LogP) is 13.9. The number of nitrogens with zero attached hydrogens (tertiary/aromatic N) is 4. The molecular formula is C53H42IrN4O-2. The zero-order chi connectivity index (χ0) is 39.6. The first kappa shape index (κ1) is 39.4. The molecule has 0 aliphatic heterocycles. The molecule has 10 rings (SSSR count). The Bertz CT molecular complexity index is 2930. The summed E-state index contributed by atoms with van der Waals surface area (Å²) in [6.07, 6.45) is 5.42. The van der Waals surface area contributed by atoms with Crippen LogP contribution < -0.4 is 0 Å². The second kappa shape index (κ2) is 17.2. The number of furan rings is 1. The molecule has 0 spiro atoms. The third kappa shape index (κ3) is 7.78. The van der Waals surface area contributed by atoms with Gasteiger partial charge in [-0.3, -0.25) is 9.97 Å². The molecule has 0 unspecified atom stereocenters. The van der Waals surface area contributed by atoms with Crippen molar-refractivity contribution in [3.8, 4) is 50.6 Å². The Labute approximate surface area is 358 Å². The molecule has 10 aromatic rings. The van der Waals surface area contributed by atoms with Crippen molar-refractivity contribution < 1.29 is 24.5 Å². The van der Waals surface area contributed by atoms with Crippen LogP contribution in [0.1, 0.15) is 50.7 Å². The van der Waals surface area contributed by atoms with E-state index in [1.54, 1.807) is 6.20 Å². The largest absolute Gasteiger partial charge is 0.501 e. The van der Waals surface area contributed by atoms with Crippen LogP contribution in [0.5, 0.6) is 0 Å². The number of para-hydroxylation sites is 2. The van der Waals surface area contributed by atoms with Crippen LogP contribution in [0, 0.1) is 12.1 Å². The van der Waals surface area contributed by atoms with Crippen LogP contribution >= 0.6 is 0 Å². The molecule has 59 heavy (non-hydrogen) atoms. The molecule has 0 aliphatic carbocycles. The summed E-state index contributed by atoms with van der Waals surface area (Å²) >= 11 is 0. The Balaban J connectivity index is 0.000000319. The first-order valence-corrected chi connectivity index (χ1v) is 19.8. The van der Waals surface area contributed by atoms with E-state index >= 15 is 0 Å². The number of hydrogen-bond acceptors (Lipinski definition) is 4. The molecule has 5 nitrogen and oxygen atoms in total. The van der Waals surface area contributed by atoms with E-state index in [-0.39, 0.29) is 31.9 Å². The van der Waals surface area contributed by atoms with Crippen LogP contribution in [0.25, 0.3) is 83.6 Å². The smallest absolute Gasteiger partial charge is 0.121 e. The van der Waals surface area contributed by atoms with Crippen LogP contribution in [-0.2, 0) is 20.1 Å². The fraction of sp³-hybridized carbons (Fsp3) is 0.113. The van der Waals surface area contributed by atoms with E-state index in [2.05, 4.69) is 145 Å². The summed E-state index contributed by atoms with van der Waals surface area (Å²) in [5.74, 6) is 1.39. The summed E-state index contributed by atoms with van der Waals surface area (Å²) in [7, 11) is 0. The first-order chi connectivity index (χ1) is 28.4. The molecule has 0 saturated carbocycles. The Morgan fingerprint density at radius 2 is 1.29 bits per heavy atom. The summed E-state index contributed by atoms with van der Waals surface area (Å²) in [5, 5.41) is 2.12. The van der Waals surface area contributed by atoms with Crippen molar-refractivity contribution in [2.45, 2.75) is 39.5 Å². The van der Waals surface area contributed by atoms with Gasteiger partial charge in [0.15, 0.2) is 0 Å². The molecule has 0 N–H and O–H groups in total. The summed E-state index contributed by atoms with van der Waals surface area (Å²) in [5.41, 5.74) is 14.9. The molecule has 0 bridgehead atoms. The molecule has 0 saturated heterocycles. The van der Waals surface area contributed by atoms with Crippen LogP contribution in [-0.4, -0.2) is 19.5 Å². The predicted molar refractivity (Wildman–Crippen MR) is 238 cm³/mol. The number of aromatic nitrogens is 4. The normalized spacial score (nSPS) is 11.2. The van der Waals surface area contributed by atoms with Crippen molar-refractivity contribution in [2.75, 3.05) is 0 Å². The molecule has 6 heteroatoms. The SMILES string of the molecule is CC(C)c1cc(-c2ccccc2)cc(C(C)C)c1-n1c(-c2[c-]ccc3c2oc2cc(-c4ccncc4)ccc23)nc2ccccc21.[Ir].[c-]1ccccc1-c1ccccn1. The standard InChI is InChI=1S/C42H34N3O.C11H8N.Ir/c1-26(2)35-23-31(28-11-6-5-7-12-28)24-36(27(3)4)40(35)45-38-16-9-8-15-37(38)44-42(45)34-14-10-13-33-32-18-17-30(25-39(32)46-41(33)34)29-19-21-43-22-20-29;1-2-6-10(7-3-1)11-8-4-5-9-12-11;/h5-13,15-27H,1-4H3;1-6,8-9H;/q2*-1;. The molecule has 0 aliphatic rings. The average molecular weight is 943 g/mol. The number of imidazole rings is 1. The zero-order valence-corrected chi connectivity index (χ0v) is 35.7. The molecule has 6 aromatic carbocycles. The van der Waals surface area contributed by atoms with Gasteiger partial charge < -0.3 is 14.0 Å². The number of hydrogen-bond donors (Lipinski definition) is 0. The Hall–Kier alpha value is -6.46. The number of rotatable bonds is 7. The van der Waals surface area contributed by atoms with Gasteiger partial charge in [-0.15, -0.1) is 54.1 Å². The van der Waals surface area contributed by atoms with Crippen LogP contribution in [0.3, 0.4) is 0 Å². The molecule has 1 radical (unpaired) electrons. The van der Waals surface area contributed by atoms with Crippen molar-refractivity contribution in [3.05, 3.63) is 194 Å². The van der Waals surface area contributed by atoms with Gasteiger partial charge in [0.1, 0.15) is 5.58 Å². The Morgan fingerprint density at radius 3 is 2.00 bits per heavy atom. The first-order valence-electron chi connectivity index (χ1n) is 19.8. The minimum absolute atomic E-state index is 0. The van der Waals surface area contributed by atoms with Gasteiger partial charge in [0.05, 0.1) is 22.4 Å². The van der Waals surface area contributed by atoms with Crippen LogP contribution in [0.2, 0.25) is 0 Å². The van der Waals surface area contributed by atoms with E-state index in [0.717, 1.165) is 66.7 Å². The zero-order valence-electron chi connectivity index (χ0n) is 33.4. The number of pyridine rings is 2. The van der Waals surface area contributed by atoms with Gasteiger partial charge in [0.25, 0.3) is 0 Å². The van der Waals surface area contributed by atoms with Gasteiger partial charge in [-0.1, -0.05) is 105 Å². The van der Waals surface area contributed by atoms with Crippen LogP contribution in [0.4, 0.5) is 0 Å². The maximum absolute atomic E-state index is 6.72. The van der Waals surface area contributed by atoms with Crippen molar-refractivity contribution in [1.82, 2.24) is 19.5 Å². The molecule has 4 heterocycles. The van der Waals surface area contributed by atoms with E-state index in [1.807, 2.05) is 73.1 Å². The maximum Gasteiger partial charge on any atom is 0.121 e. The molecule has 4 aromatic heterocycles. The van der Waals surface area contributed by atoms with Gasteiger partial charge in [-0.25, -0.2) is 0 Å². The van der Waals surface area contributed by atoms with E-state index in [4.69, 9.17) is 9.40 Å². The van der Waals surface area contributed by atoms with Crippen molar-refractivity contribution in [3.63, 3.8) is 0 Å². The van der Waals surface area contributed by atoms with Gasteiger partial charge >= 0.3 is 0 Å². The molecular weight excluding hydrogens is 901 g/mol. The quantitative estimate of drug-likeness (QED) is 0.149. The van der Waals surface area contributed by atoms with E-state index < -0.39 is 0 Å². The van der Waals surface area contributed by atoms with Crippen LogP contribution in [0.15, 0.2) is 175 Å². The summed E-state index contributed by atoms with van der Waals surface area (Å²) in [6.45, 7) is 9.12. The van der Waals surface area contributed by atoms with Crippen molar-refractivity contribution in [1.29, 1.82) is 0 Å². The second-order valence-electron chi connectivity index (χ2n) is 15.1. The van der Waals surface area contributed by atoms with Crippen molar-refractivity contribution in [2.24, 2.45) is 0 Å². The molecule has 0 amide bonds. The topological polar surface area (TPSA) is 56.7 Å². The fourth-order valence-electron chi connectivity index (χ4n) is 7.74. The minimum atomic E-state index is 0. The summed E-state index contributed by atoms with van der Waals surface area (Å²) in [4.78, 5) is 13.7. The maximum atomic E-state index is 6.72. The van der Waals surface area contributed by atoms with E-state index in [9.17, 15) is 0 Å². The second-order valence-corrected chi connectivity index (χ2v) is 15.1. The number of fused-ring (bicyclic) bond motifs is 4. The fourth-order valence-corrected chi connectivity index (χ4v) is 7.74. The van der Waals surface area contributed by atoms with Gasteiger partial charge in [-0.2, -0.15) is 0 Å². The van der Waals surface area contributed by atoms with E-state index in [0.29, 0.717) is 0 Å². The monoisotopic (exact) mass is 943 g/mol. The molecule has 0 fully saturated rings. The summed E-state index contributed by atoms with van der Waals surface area (Å²) in [6, 6.07) is 58.8. The summed E-state index contributed by atoms with van der Waals surface area (Å²) < 4.78 is 9.08. The molecule has 291 valence electrons. The third-order valence-electron chi connectivity index (χ3n) is 10.6. The Kier molecular flexibility index (Phi) is 11.5. The third-order valence-corrected chi connectivity index (χ3v) is 10.6. The average Bonchev–Trinajstić information content (AvgIpc) is 3.86. The van der Waals surface area contributed by atoms with E-state index in [1.165, 1.54) is 27.9 Å². The minimum Gasteiger partial charge on any atom is -0.501 e. The van der Waals surface area contributed by atoms with Gasteiger partial charge in [0.2, 0.25) is 0 Å². The van der Waals surface area contributed by atoms with Gasteiger partial charge in [-0.05, 0) is 99.4 Å². The molecule has 0 atom stereocenters. The Morgan fingerprint density at radius 1 is 0.576 bits per heavy atom. The van der Waals surface area contributed by atoms with Crippen molar-refractivity contribution >= 4 is 33.0 Å².